The molecule has 0 aliphatic carbocycles. The number of carboxylic acids is 1. The van der Waals surface area contributed by atoms with E-state index in [0.29, 0.717) is 16.5 Å². The van der Waals surface area contributed by atoms with Gasteiger partial charge in [-0.15, -0.1) is 0 Å². The van der Waals surface area contributed by atoms with E-state index in [1.54, 1.807) is 24.3 Å². The van der Waals surface area contributed by atoms with Crippen LogP contribution in [-0.2, 0) is 4.79 Å². The van der Waals surface area contributed by atoms with Crippen LogP contribution < -0.4 is 15.3 Å². The third-order valence-electron chi connectivity index (χ3n) is 3.65. The van der Waals surface area contributed by atoms with Gasteiger partial charge in [0.2, 0.25) is 11.2 Å². The first-order valence-corrected chi connectivity index (χ1v) is 7.43. The summed E-state index contributed by atoms with van der Waals surface area (Å²) in [6, 6.07) is 12.6. The minimum atomic E-state index is -1.41. The molecule has 0 aliphatic heterocycles. The molecule has 0 spiro atoms. The van der Waals surface area contributed by atoms with Crippen LogP contribution in [0.5, 0.6) is 5.75 Å². The van der Waals surface area contributed by atoms with Gasteiger partial charge in [-0.3, -0.25) is 4.79 Å². The van der Waals surface area contributed by atoms with E-state index in [2.05, 4.69) is 0 Å². The van der Waals surface area contributed by atoms with E-state index in [4.69, 9.17) is 9.15 Å². The zero-order valence-electron chi connectivity index (χ0n) is 13.3. The fraction of sp³-hybridized carbons (Fsp3) is 0.158. The Morgan fingerprint density at radius 1 is 1.08 bits per heavy atom. The monoisotopic (exact) mass is 323 g/mol. The molecule has 0 atom stereocenters. The van der Waals surface area contributed by atoms with Crippen molar-refractivity contribution in [1.29, 1.82) is 0 Å². The summed E-state index contributed by atoms with van der Waals surface area (Å²) in [5.74, 6) is -1.33. The van der Waals surface area contributed by atoms with Gasteiger partial charge < -0.3 is 19.1 Å². The first-order valence-electron chi connectivity index (χ1n) is 7.43. The van der Waals surface area contributed by atoms with E-state index < -0.39 is 18.0 Å². The fourth-order valence-corrected chi connectivity index (χ4v) is 2.45. The van der Waals surface area contributed by atoms with Gasteiger partial charge in [0.05, 0.1) is 11.4 Å². The third kappa shape index (κ3) is 3.01. The second-order valence-corrected chi connectivity index (χ2v) is 5.62. The number of fused-ring (bicyclic) bond motifs is 1. The molecule has 0 saturated carbocycles. The van der Waals surface area contributed by atoms with Gasteiger partial charge in [-0.1, -0.05) is 41.5 Å². The molecule has 0 N–H and O–H groups in total. The summed E-state index contributed by atoms with van der Waals surface area (Å²) in [5.41, 5.74) is 2.59. The maximum atomic E-state index is 12.8. The van der Waals surface area contributed by atoms with Crippen molar-refractivity contribution in [1.82, 2.24) is 0 Å². The van der Waals surface area contributed by atoms with Crippen molar-refractivity contribution in [2.24, 2.45) is 0 Å². The molecule has 1 aromatic heterocycles. The number of benzene rings is 2. The molecule has 0 fully saturated rings. The lowest BCUT2D eigenvalue weighted by atomic mass is 10.1. The molecular weight excluding hydrogens is 308 g/mol. The number of carbonyl (C=O) groups is 1. The Bertz CT molecular complexity index is 967. The predicted molar refractivity (Wildman–Crippen MR) is 87.9 cm³/mol. The molecule has 1 heterocycles. The molecule has 0 saturated heterocycles. The van der Waals surface area contributed by atoms with E-state index >= 15 is 0 Å². The number of carbonyl (C=O) groups excluding carboxylic acids is 1. The van der Waals surface area contributed by atoms with E-state index in [9.17, 15) is 14.7 Å². The molecule has 3 aromatic rings. The predicted octanol–water partition coefficient (Wildman–Crippen LogP) is 2.21. The van der Waals surface area contributed by atoms with E-state index in [1.165, 1.54) is 0 Å². The van der Waals surface area contributed by atoms with E-state index in [-0.39, 0.29) is 11.5 Å². The molecule has 0 bridgehead atoms. The number of rotatable bonds is 4. The van der Waals surface area contributed by atoms with Crippen LogP contribution in [0.15, 0.2) is 51.7 Å². The van der Waals surface area contributed by atoms with Crippen molar-refractivity contribution in [3.63, 3.8) is 0 Å². The topological polar surface area (TPSA) is 79.6 Å². The van der Waals surface area contributed by atoms with Crippen molar-refractivity contribution < 1.29 is 19.1 Å². The molecule has 0 amide bonds. The van der Waals surface area contributed by atoms with Crippen LogP contribution in [0.1, 0.15) is 11.1 Å². The Hall–Kier alpha value is -3.08. The first-order chi connectivity index (χ1) is 11.5. The number of aryl methyl sites for hydroxylation is 2. The van der Waals surface area contributed by atoms with Gasteiger partial charge in [-0.2, -0.15) is 0 Å². The van der Waals surface area contributed by atoms with Crippen LogP contribution in [0.4, 0.5) is 0 Å². The molecule has 0 radical (unpaired) electrons. The number of aliphatic carboxylic acids is 1. The normalized spacial score (nSPS) is 10.8. The van der Waals surface area contributed by atoms with Gasteiger partial charge in [-0.05, 0) is 26.0 Å². The average Bonchev–Trinajstić information content (AvgIpc) is 2.55. The fourth-order valence-electron chi connectivity index (χ4n) is 2.45. The Morgan fingerprint density at radius 3 is 2.42 bits per heavy atom. The molecule has 5 heteroatoms. The minimum absolute atomic E-state index is 0.124. The largest absolute Gasteiger partial charge is 0.546 e. The Balaban J connectivity index is 2.26. The van der Waals surface area contributed by atoms with E-state index in [1.807, 2.05) is 32.0 Å². The lowest BCUT2D eigenvalue weighted by Gasteiger charge is -2.12. The summed E-state index contributed by atoms with van der Waals surface area (Å²) in [4.78, 5) is 23.5. The molecule has 0 unspecified atom stereocenters. The zero-order chi connectivity index (χ0) is 17.3. The highest BCUT2D eigenvalue weighted by atomic mass is 16.5. The van der Waals surface area contributed by atoms with Crippen LogP contribution >= 0.6 is 0 Å². The summed E-state index contributed by atoms with van der Waals surface area (Å²) in [6.07, 6.45) is 0. The lowest BCUT2D eigenvalue weighted by Crippen LogP contribution is -2.30. The summed E-state index contributed by atoms with van der Waals surface area (Å²) in [7, 11) is 0. The summed E-state index contributed by atoms with van der Waals surface area (Å²) < 4.78 is 11.0. The maximum absolute atomic E-state index is 12.8. The lowest BCUT2D eigenvalue weighted by molar-refractivity contribution is -0.307. The quantitative estimate of drug-likeness (QED) is 0.735. The van der Waals surface area contributed by atoms with Crippen molar-refractivity contribution in [3.05, 3.63) is 63.8 Å². The highest BCUT2D eigenvalue weighted by Gasteiger charge is 2.18. The van der Waals surface area contributed by atoms with Crippen LogP contribution in [0.2, 0.25) is 0 Å². The summed E-state index contributed by atoms with van der Waals surface area (Å²) in [5, 5.41) is 11.1. The third-order valence-corrected chi connectivity index (χ3v) is 3.65. The molecule has 5 nitrogen and oxygen atoms in total. The zero-order valence-corrected chi connectivity index (χ0v) is 13.3. The molecule has 24 heavy (non-hydrogen) atoms. The molecule has 3 rings (SSSR count). The molecule has 122 valence electrons. The van der Waals surface area contributed by atoms with E-state index in [0.717, 1.165) is 11.1 Å². The number of hydrogen-bond donors (Lipinski definition) is 0. The molecule has 0 aliphatic rings. The van der Waals surface area contributed by atoms with Crippen molar-refractivity contribution in [2.45, 2.75) is 13.8 Å². The van der Waals surface area contributed by atoms with Gasteiger partial charge in [0.25, 0.3) is 0 Å². The SMILES string of the molecule is Cc1ccc(-c2oc3ccc(C)cc3c(=O)c2OCC(=O)[O-])cc1. The van der Waals surface area contributed by atoms with Crippen LogP contribution in [0.3, 0.4) is 0 Å². The van der Waals surface area contributed by atoms with Gasteiger partial charge >= 0.3 is 0 Å². The maximum Gasteiger partial charge on any atom is 0.235 e. The van der Waals surface area contributed by atoms with Crippen molar-refractivity contribution in [2.75, 3.05) is 6.61 Å². The van der Waals surface area contributed by atoms with Gasteiger partial charge in [0.15, 0.2) is 5.76 Å². The Kier molecular flexibility index (Phi) is 4.08. The summed E-state index contributed by atoms with van der Waals surface area (Å²) >= 11 is 0. The average molecular weight is 323 g/mol. The summed E-state index contributed by atoms with van der Waals surface area (Å²) in [6.45, 7) is 3.08. The first kappa shape index (κ1) is 15.8. The Labute approximate surface area is 138 Å². The highest BCUT2D eigenvalue weighted by molar-refractivity contribution is 5.82. The van der Waals surface area contributed by atoms with Gasteiger partial charge in [-0.25, -0.2) is 0 Å². The van der Waals surface area contributed by atoms with Crippen LogP contribution in [-0.4, -0.2) is 12.6 Å². The number of ether oxygens (including phenoxy) is 1. The second kappa shape index (κ2) is 6.20. The number of hydrogen-bond acceptors (Lipinski definition) is 5. The minimum Gasteiger partial charge on any atom is -0.546 e. The standard InChI is InChI=1S/C19H16O5/c1-11-3-6-13(7-4-11)18-19(23-10-16(20)21)17(22)14-9-12(2)5-8-15(14)24-18/h3-9H,10H2,1-2H3,(H,20,21)/p-1. The van der Waals surface area contributed by atoms with Gasteiger partial charge in [0, 0.05) is 5.56 Å². The Morgan fingerprint density at radius 2 is 1.75 bits per heavy atom. The van der Waals surface area contributed by atoms with Crippen LogP contribution in [0.25, 0.3) is 22.3 Å². The van der Waals surface area contributed by atoms with Crippen LogP contribution in [0, 0.1) is 13.8 Å². The highest BCUT2D eigenvalue weighted by Crippen LogP contribution is 2.31. The van der Waals surface area contributed by atoms with Crippen molar-refractivity contribution in [3.8, 4) is 17.1 Å². The van der Waals surface area contributed by atoms with Gasteiger partial charge in [0.1, 0.15) is 12.2 Å². The van der Waals surface area contributed by atoms with Crippen molar-refractivity contribution >= 4 is 16.9 Å². The smallest absolute Gasteiger partial charge is 0.235 e. The second-order valence-electron chi connectivity index (χ2n) is 5.62. The number of carboxylic acid groups (broad SMARTS) is 1. The molecular formula is C19H15O5-. The molecule has 2 aromatic carbocycles.